The Morgan fingerprint density at radius 2 is 1.90 bits per heavy atom. The molecule has 0 fully saturated rings. The van der Waals surface area contributed by atoms with Crippen molar-refractivity contribution < 1.29 is 14.7 Å². The van der Waals surface area contributed by atoms with Gasteiger partial charge in [0.2, 0.25) is 0 Å². The molecule has 0 aliphatic carbocycles. The van der Waals surface area contributed by atoms with Crippen molar-refractivity contribution in [2.24, 2.45) is 0 Å². The highest BCUT2D eigenvalue weighted by atomic mass is 35.5. The van der Waals surface area contributed by atoms with Gasteiger partial charge in [0.15, 0.2) is 11.4 Å². The van der Waals surface area contributed by atoms with Crippen LogP contribution in [0.1, 0.15) is 27.9 Å². The van der Waals surface area contributed by atoms with E-state index in [1.54, 1.807) is 42.6 Å². The maximum absolute atomic E-state index is 13.3. The fourth-order valence-corrected chi connectivity index (χ4v) is 3.88. The van der Waals surface area contributed by atoms with Crippen molar-refractivity contribution in [2.75, 3.05) is 4.90 Å². The fraction of sp³-hybridized carbons (Fsp3) is 0.136. The summed E-state index contributed by atoms with van der Waals surface area (Å²) in [6.45, 7) is 0.163. The van der Waals surface area contributed by atoms with Gasteiger partial charge in [-0.2, -0.15) is 0 Å². The van der Waals surface area contributed by atoms with Crippen LogP contribution < -0.4 is 4.90 Å². The van der Waals surface area contributed by atoms with Crippen molar-refractivity contribution in [1.29, 1.82) is 0 Å². The molecule has 0 radical (unpaired) electrons. The lowest BCUT2D eigenvalue weighted by molar-refractivity contribution is -0.136. The van der Waals surface area contributed by atoms with Gasteiger partial charge in [-0.15, -0.1) is 0 Å². The third kappa shape index (κ3) is 3.53. The highest BCUT2D eigenvalue weighted by Crippen LogP contribution is 2.45. The van der Waals surface area contributed by atoms with Crippen LogP contribution in [0, 0.1) is 0 Å². The summed E-state index contributed by atoms with van der Waals surface area (Å²) < 4.78 is 0. The van der Waals surface area contributed by atoms with Gasteiger partial charge in [0, 0.05) is 33.6 Å². The van der Waals surface area contributed by atoms with Crippen molar-refractivity contribution in [3.63, 3.8) is 0 Å². The average Bonchev–Trinajstić information content (AvgIpc) is 2.92. The molecule has 0 saturated carbocycles. The Morgan fingerprint density at radius 1 is 1.10 bits per heavy atom. The fourth-order valence-electron chi connectivity index (χ4n) is 3.51. The van der Waals surface area contributed by atoms with Gasteiger partial charge in [-0.1, -0.05) is 41.4 Å². The summed E-state index contributed by atoms with van der Waals surface area (Å²) in [5, 5.41) is 12.2. The van der Waals surface area contributed by atoms with E-state index >= 15 is 0 Å². The zero-order chi connectivity index (χ0) is 20.6. The summed E-state index contributed by atoms with van der Waals surface area (Å²) in [5.41, 5.74) is -0.165. The van der Waals surface area contributed by atoms with Gasteiger partial charge in [0.05, 0.1) is 18.7 Å². The normalized spacial score (nSPS) is 18.0. The first-order valence-electron chi connectivity index (χ1n) is 8.91. The van der Waals surface area contributed by atoms with E-state index in [0.29, 0.717) is 26.9 Å². The van der Waals surface area contributed by atoms with Crippen molar-refractivity contribution >= 4 is 40.6 Å². The number of carbonyl (C=O) groups is 2. The number of aromatic nitrogens is 1. The average molecular weight is 427 g/mol. The minimum atomic E-state index is -2.02. The number of nitrogens with zero attached hydrogens (tertiary/aromatic N) is 2. The molecular weight excluding hydrogens is 411 g/mol. The second-order valence-corrected chi connectivity index (χ2v) is 7.69. The molecule has 146 valence electrons. The van der Waals surface area contributed by atoms with Crippen molar-refractivity contribution in [2.45, 2.75) is 18.6 Å². The summed E-state index contributed by atoms with van der Waals surface area (Å²) in [4.78, 5) is 31.4. The molecule has 3 aromatic rings. The van der Waals surface area contributed by atoms with Crippen LogP contribution >= 0.6 is 23.2 Å². The Hall–Kier alpha value is -2.73. The smallest absolute Gasteiger partial charge is 0.264 e. The number of pyridine rings is 1. The van der Waals surface area contributed by atoms with Crippen LogP contribution in [0.25, 0.3) is 0 Å². The SMILES string of the molecule is O=C(CC1(O)C(=O)N(Cc2ccccc2Cl)c2ccc(Cl)cc21)c1cccnc1. The van der Waals surface area contributed by atoms with Crippen molar-refractivity contribution in [1.82, 2.24) is 4.98 Å². The molecule has 29 heavy (non-hydrogen) atoms. The Morgan fingerprint density at radius 3 is 2.62 bits per heavy atom. The summed E-state index contributed by atoms with van der Waals surface area (Å²) in [7, 11) is 0. The standard InChI is InChI=1S/C22H16Cl2N2O3/c23-16-7-8-19-17(10-16)22(29,11-20(27)14-5-3-9-25-12-14)21(28)26(19)13-15-4-1-2-6-18(15)24/h1-10,12,29H,11,13H2. The number of ketones is 1. The number of anilines is 1. The molecule has 1 amide bonds. The van der Waals surface area contributed by atoms with Crippen LogP contribution in [-0.4, -0.2) is 21.8 Å². The van der Waals surface area contributed by atoms with Gasteiger partial charge < -0.3 is 10.0 Å². The maximum atomic E-state index is 13.3. The molecule has 0 bridgehead atoms. The third-order valence-electron chi connectivity index (χ3n) is 4.98. The summed E-state index contributed by atoms with van der Waals surface area (Å²) in [6, 6.07) is 15.2. The highest BCUT2D eigenvalue weighted by molar-refractivity contribution is 6.31. The molecule has 7 heteroatoms. The number of aliphatic hydroxyl groups is 1. The Balaban J connectivity index is 1.73. The number of rotatable bonds is 5. The molecule has 1 unspecified atom stereocenters. The van der Waals surface area contributed by atoms with E-state index < -0.39 is 17.9 Å². The number of carbonyl (C=O) groups excluding carboxylic acids is 2. The number of benzene rings is 2. The molecule has 2 heterocycles. The number of fused-ring (bicyclic) bond motifs is 1. The van der Waals surface area contributed by atoms with Gasteiger partial charge in [-0.05, 0) is 42.0 Å². The maximum Gasteiger partial charge on any atom is 0.264 e. The number of halogens is 2. The third-order valence-corrected chi connectivity index (χ3v) is 5.58. The number of amides is 1. The lowest BCUT2D eigenvalue weighted by Crippen LogP contribution is -2.41. The number of Topliss-reactive ketones (excluding diaryl/α,β-unsaturated/α-hetero) is 1. The number of hydrogen-bond donors (Lipinski definition) is 1. The largest absolute Gasteiger partial charge is 0.375 e. The molecule has 1 atom stereocenters. The summed E-state index contributed by atoms with van der Waals surface area (Å²) in [6.07, 6.45) is 2.54. The zero-order valence-electron chi connectivity index (χ0n) is 15.2. The second-order valence-electron chi connectivity index (χ2n) is 6.85. The van der Waals surface area contributed by atoms with Gasteiger partial charge in [0.25, 0.3) is 5.91 Å². The summed E-state index contributed by atoms with van der Waals surface area (Å²) >= 11 is 12.4. The predicted octanol–water partition coefficient (Wildman–Crippen LogP) is 4.40. The van der Waals surface area contributed by atoms with E-state index in [2.05, 4.69) is 4.98 Å². The predicted molar refractivity (Wildman–Crippen MR) is 111 cm³/mol. The molecule has 1 aromatic heterocycles. The summed E-state index contributed by atoms with van der Waals surface area (Å²) in [5.74, 6) is -0.980. The van der Waals surface area contributed by atoms with E-state index in [1.807, 2.05) is 12.1 Å². The lowest BCUT2D eigenvalue weighted by atomic mass is 9.88. The van der Waals surface area contributed by atoms with Crippen molar-refractivity contribution in [3.05, 3.63) is 93.7 Å². The van der Waals surface area contributed by atoms with Gasteiger partial charge in [-0.25, -0.2) is 0 Å². The molecule has 1 aliphatic rings. The number of hydrogen-bond acceptors (Lipinski definition) is 4. The van der Waals surface area contributed by atoms with Crippen LogP contribution in [0.4, 0.5) is 5.69 Å². The van der Waals surface area contributed by atoms with E-state index in [9.17, 15) is 14.7 Å². The van der Waals surface area contributed by atoms with Crippen LogP contribution in [0.2, 0.25) is 10.0 Å². The quantitative estimate of drug-likeness (QED) is 0.613. The highest BCUT2D eigenvalue weighted by Gasteiger charge is 2.51. The Labute approximate surface area is 177 Å². The topological polar surface area (TPSA) is 70.5 Å². The molecular formula is C22H16Cl2N2O3. The first-order valence-corrected chi connectivity index (χ1v) is 9.67. The van der Waals surface area contributed by atoms with E-state index in [-0.39, 0.29) is 12.3 Å². The molecule has 1 N–H and O–H groups in total. The first kappa shape index (κ1) is 19.6. The second kappa shape index (κ2) is 7.59. The van der Waals surface area contributed by atoms with Crippen LogP contribution in [-0.2, 0) is 16.9 Å². The Kier molecular flexibility index (Phi) is 5.13. The van der Waals surface area contributed by atoms with Gasteiger partial charge >= 0.3 is 0 Å². The minimum absolute atomic E-state index is 0.163. The monoisotopic (exact) mass is 426 g/mol. The van der Waals surface area contributed by atoms with E-state index in [0.717, 1.165) is 5.56 Å². The van der Waals surface area contributed by atoms with Gasteiger partial charge in [-0.3, -0.25) is 14.6 Å². The molecule has 0 saturated heterocycles. The van der Waals surface area contributed by atoms with E-state index in [4.69, 9.17) is 23.2 Å². The molecule has 1 aliphatic heterocycles. The van der Waals surface area contributed by atoms with Gasteiger partial charge in [0.1, 0.15) is 0 Å². The van der Waals surface area contributed by atoms with Crippen LogP contribution in [0.3, 0.4) is 0 Å². The van der Waals surface area contributed by atoms with Crippen LogP contribution in [0.5, 0.6) is 0 Å². The molecule has 0 spiro atoms. The molecule has 4 rings (SSSR count). The first-order chi connectivity index (χ1) is 13.9. The lowest BCUT2D eigenvalue weighted by Gasteiger charge is -2.23. The molecule has 2 aromatic carbocycles. The Bertz CT molecular complexity index is 1100. The van der Waals surface area contributed by atoms with Crippen molar-refractivity contribution in [3.8, 4) is 0 Å². The molecule has 5 nitrogen and oxygen atoms in total. The minimum Gasteiger partial charge on any atom is -0.375 e. The van der Waals surface area contributed by atoms with Crippen LogP contribution in [0.15, 0.2) is 67.0 Å². The zero-order valence-corrected chi connectivity index (χ0v) is 16.7. The van der Waals surface area contributed by atoms with E-state index in [1.165, 1.54) is 17.2 Å².